The minimum absolute atomic E-state index is 0.419. The fraction of sp³-hybridized carbons (Fsp3) is 0.0588. The maximum absolute atomic E-state index is 5.89. The minimum atomic E-state index is -0.419. The van der Waals surface area contributed by atoms with Crippen molar-refractivity contribution in [2.24, 2.45) is 0 Å². The molecule has 86 valence electrons. The maximum Gasteiger partial charge on any atom is 0.171 e. The number of hydrogen-bond donors (Lipinski definition) is 0. The van der Waals surface area contributed by atoms with Gasteiger partial charge in [0.15, 0.2) is 5.60 Å². The first-order valence-corrected chi connectivity index (χ1v) is 6.13. The SMILES string of the molecule is C1=COC2(C=C1)C=CC=C1C2=Cc2ccccc21. The van der Waals surface area contributed by atoms with Gasteiger partial charge in [0.25, 0.3) is 0 Å². The Kier molecular flexibility index (Phi) is 1.81. The summed E-state index contributed by atoms with van der Waals surface area (Å²) < 4.78 is 5.89. The van der Waals surface area contributed by atoms with Gasteiger partial charge < -0.3 is 4.74 Å². The van der Waals surface area contributed by atoms with Gasteiger partial charge in [-0.2, -0.15) is 0 Å². The zero-order chi connectivity index (χ0) is 12.0. The molecule has 3 aliphatic rings. The summed E-state index contributed by atoms with van der Waals surface area (Å²) in [7, 11) is 0. The normalized spacial score (nSPS) is 26.4. The first-order chi connectivity index (χ1) is 8.89. The molecule has 1 aliphatic heterocycles. The zero-order valence-corrected chi connectivity index (χ0v) is 9.84. The topological polar surface area (TPSA) is 9.23 Å². The third-order valence-corrected chi connectivity index (χ3v) is 3.67. The molecule has 1 nitrogen and oxygen atoms in total. The first-order valence-electron chi connectivity index (χ1n) is 6.13. The second-order valence-electron chi connectivity index (χ2n) is 4.68. The van der Waals surface area contributed by atoms with E-state index in [-0.39, 0.29) is 0 Å². The molecule has 0 saturated heterocycles. The van der Waals surface area contributed by atoms with Crippen molar-refractivity contribution in [3.63, 3.8) is 0 Å². The molecule has 1 heteroatoms. The predicted octanol–water partition coefficient (Wildman–Crippen LogP) is 3.88. The quantitative estimate of drug-likeness (QED) is 0.659. The summed E-state index contributed by atoms with van der Waals surface area (Å²) in [5.74, 6) is 0. The van der Waals surface area contributed by atoms with Gasteiger partial charge in [0.05, 0.1) is 6.26 Å². The van der Waals surface area contributed by atoms with Crippen molar-refractivity contribution < 1.29 is 4.74 Å². The van der Waals surface area contributed by atoms with Crippen LogP contribution in [0.25, 0.3) is 11.6 Å². The molecule has 0 saturated carbocycles. The number of hydrogen-bond acceptors (Lipinski definition) is 1. The highest BCUT2D eigenvalue weighted by Gasteiger charge is 2.38. The Labute approximate surface area is 106 Å². The van der Waals surface area contributed by atoms with Gasteiger partial charge >= 0.3 is 0 Å². The van der Waals surface area contributed by atoms with E-state index >= 15 is 0 Å². The molecule has 0 N–H and O–H groups in total. The van der Waals surface area contributed by atoms with Crippen LogP contribution >= 0.6 is 0 Å². The molecule has 0 radical (unpaired) electrons. The van der Waals surface area contributed by atoms with Gasteiger partial charge in [0.2, 0.25) is 0 Å². The van der Waals surface area contributed by atoms with E-state index in [4.69, 9.17) is 4.74 Å². The van der Waals surface area contributed by atoms with Crippen LogP contribution < -0.4 is 0 Å². The molecule has 4 rings (SSSR count). The average Bonchev–Trinajstić information content (AvgIpc) is 2.81. The molecule has 0 bridgehead atoms. The van der Waals surface area contributed by atoms with Crippen molar-refractivity contribution in [2.75, 3.05) is 0 Å². The van der Waals surface area contributed by atoms with Gasteiger partial charge in [-0.1, -0.05) is 42.5 Å². The molecular formula is C17H12O. The molecular weight excluding hydrogens is 220 g/mol. The molecule has 1 heterocycles. The van der Waals surface area contributed by atoms with E-state index in [0.29, 0.717) is 0 Å². The second kappa shape index (κ2) is 3.36. The third-order valence-electron chi connectivity index (χ3n) is 3.67. The summed E-state index contributed by atoms with van der Waals surface area (Å²) in [5.41, 5.74) is 4.65. The van der Waals surface area contributed by atoms with Crippen LogP contribution in [0.4, 0.5) is 0 Å². The average molecular weight is 232 g/mol. The minimum Gasteiger partial charge on any atom is -0.482 e. The largest absolute Gasteiger partial charge is 0.482 e. The summed E-state index contributed by atoms with van der Waals surface area (Å²) in [6, 6.07) is 8.47. The number of benzene rings is 1. The Hall–Kier alpha value is -2.28. The van der Waals surface area contributed by atoms with Crippen molar-refractivity contribution in [2.45, 2.75) is 5.60 Å². The Morgan fingerprint density at radius 2 is 1.83 bits per heavy atom. The number of ether oxygens (including phenoxy) is 1. The Morgan fingerprint density at radius 3 is 2.72 bits per heavy atom. The Morgan fingerprint density at radius 1 is 0.944 bits per heavy atom. The van der Waals surface area contributed by atoms with Gasteiger partial charge in [-0.15, -0.1) is 0 Å². The highest BCUT2D eigenvalue weighted by molar-refractivity contribution is 5.98. The Bertz CT molecular complexity index is 671. The predicted molar refractivity (Wildman–Crippen MR) is 73.6 cm³/mol. The second-order valence-corrected chi connectivity index (χ2v) is 4.68. The molecule has 1 aromatic rings. The van der Waals surface area contributed by atoms with Crippen LogP contribution in [0.3, 0.4) is 0 Å². The molecule has 18 heavy (non-hydrogen) atoms. The summed E-state index contributed by atoms with van der Waals surface area (Å²) in [5, 5.41) is 0. The van der Waals surface area contributed by atoms with E-state index in [2.05, 4.69) is 54.6 Å². The van der Waals surface area contributed by atoms with Crippen LogP contribution in [0.1, 0.15) is 11.1 Å². The van der Waals surface area contributed by atoms with Crippen LogP contribution in [-0.4, -0.2) is 5.60 Å². The van der Waals surface area contributed by atoms with Gasteiger partial charge in [-0.25, -0.2) is 0 Å². The summed E-state index contributed by atoms with van der Waals surface area (Å²) >= 11 is 0. The van der Waals surface area contributed by atoms with Crippen LogP contribution in [0.5, 0.6) is 0 Å². The molecule has 1 aromatic carbocycles. The molecule has 1 atom stereocenters. The zero-order valence-electron chi connectivity index (χ0n) is 9.84. The molecule has 1 unspecified atom stereocenters. The van der Waals surface area contributed by atoms with Crippen molar-refractivity contribution in [1.29, 1.82) is 0 Å². The van der Waals surface area contributed by atoms with E-state index in [1.54, 1.807) is 6.26 Å². The lowest BCUT2D eigenvalue weighted by atomic mass is 9.83. The van der Waals surface area contributed by atoms with E-state index < -0.39 is 5.60 Å². The fourth-order valence-electron chi connectivity index (χ4n) is 2.81. The molecule has 1 spiro atoms. The highest BCUT2D eigenvalue weighted by Crippen LogP contribution is 2.46. The Balaban J connectivity index is 1.92. The van der Waals surface area contributed by atoms with E-state index in [1.807, 2.05) is 12.2 Å². The van der Waals surface area contributed by atoms with Crippen LogP contribution in [0.15, 0.2) is 72.6 Å². The lowest BCUT2D eigenvalue weighted by molar-refractivity contribution is 0.150. The molecule has 0 amide bonds. The summed E-state index contributed by atoms with van der Waals surface area (Å²) in [4.78, 5) is 0. The van der Waals surface area contributed by atoms with Gasteiger partial charge in [-0.3, -0.25) is 0 Å². The molecule has 0 aromatic heterocycles. The van der Waals surface area contributed by atoms with Gasteiger partial charge in [-0.05, 0) is 41.0 Å². The number of rotatable bonds is 0. The lowest BCUT2D eigenvalue weighted by Crippen LogP contribution is -2.30. The summed E-state index contributed by atoms with van der Waals surface area (Å²) in [6.07, 6.45) is 16.4. The van der Waals surface area contributed by atoms with Gasteiger partial charge in [0, 0.05) is 5.57 Å². The van der Waals surface area contributed by atoms with Gasteiger partial charge in [0.1, 0.15) is 0 Å². The van der Waals surface area contributed by atoms with Crippen molar-refractivity contribution >= 4 is 11.6 Å². The highest BCUT2D eigenvalue weighted by atomic mass is 16.5. The molecule has 2 aliphatic carbocycles. The lowest BCUT2D eigenvalue weighted by Gasteiger charge is -2.33. The van der Waals surface area contributed by atoms with E-state index in [1.165, 1.54) is 22.3 Å². The maximum atomic E-state index is 5.89. The standard InChI is InChI=1S/C17H12O/c1-2-7-14-13(6-1)12-16-15(14)8-5-10-17(16)9-3-4-11-18-17/h1-12H. The number of allylic oxidation sites excluding steroid dienone is 4. The number of fused-ring (bicyclic) bond motifs is 4. The van der Waals surface area contributed by atoms with Crippen molar-refractivity contribution in [3.8, 4) is 0 Å². The van der Waals surface area contributed by atoms with Crippen LogP contribution in [-0.2, 0) is 4.74 Å². The molecule has 0 fully saturated rings. The smallest absolute Gasteiger partial charge is 0.171 e. The first kappa shape index (κ1) is 9.72. The van der Waals surface area contributed by atoms with Crippen LogP contribution in [0, 0.1) is 0 Å². The van der Waals surface area contributed by atoms with E-state index in [9.17, 15) is 0 Å². The van der Waals surface area contributed by atoms with E-state index in [0.717, 1.165) is 0 Å². The third kappa shape index (κ3) is 1.16. The van der Waals surface area contributed by atoms with Crippen LogP contribution in [0.2, 0.25) is 0 Å². The van der Waals surface area contributed by atoms with Crippen molar-refractivity contribution in [3.05, 3.63) is 83.7 Å². The van der Waals surface area contributed by atoms with Crippen molar-refractivity contribution in [1.82, 2.24) is 0 Å². The monoisotopic (exact) mass is 232 g/mol. The fourth-order valence-corrected chi connectivity index (χ4v) is 2.81. The summed E-state index contributed by atoms with van der Waals surface area (Å²) in [6.45, 7) is 0.